The van der Waals surface area contributed by atoms with Crippen molar-refractivity contribution in [2.75, 3.05) is 43.1 Å². The van der Waals surface area contributed by atoms with Gasteiger partial charge in [0.2, 0.25) is 11.8 Å². The minimum absolute atomic E-state index is 0.222. The fourth-order valence-electron chi connectivity index (χ4n) is 4.11. The van der Waals surface area contributed by atoms with Gasteiger partial charge >= 0.3 is 0 Å². The molecule has 1 saturated heterocycles. The number of aromatic nitrogens is 4. The van der Waals surface area contributed by atoms with Gasteiger partial charge in [0.25, 0.3) is 5.56 Å². The van der Waals surface area contributed by atoms with Gasteiger partial charge in [-0.25, -0.2) is 0 Å². The Morgan fingerprint density at radius 1 is 0.906 bits per heavy atom. The summed E-state index contributed by atoms with van der Waals surface area (Å²) in [7, 11) is 1.51. The van der Waals surface area contributed by atoms with E-state index in [1.54, 1.807) is 0 Å². The predicted octanol–water partition coefficient (Wildman–Crippen LogP) is 2.64. The number of nitrogens with one attached hydrogen (secondary N) is 1. The van der Waals surface area contributed by atoms with Gasteiger partial charge in [-0.3, -0.25) is 9.78 Å². The highest BCUT2D eigenvalue weighted by molar-refractivity contribution is 5.93. The van der Waals surface area contributed by atoms with Crippen molar-refractivity contribution in [2.24, 2.45) is 0 Å². The number of benzene rings is 2. The van der Waals surface area contributed by atoms with Gasteiger partial charge < -0.3 is 14.5 Å². The molecule has 32 heavy (non-hydrogen) atoms. The quantitative estimate of drug-likeness (QED) is 0.523. The number of piperazine rings is 1. The largest absolute Gasteiger partial charge is 0.481 e. The Morgan fingerprint density at radius 2 is 1.59 bits per heavy atom. The number of methoxy groups -OCH3 is 1. The number of nitrogens with zero attached hydrogens (tertiary/aromatic N) is 5. The molecular formula is C24H24N6O2. The van der Waals surface area contributed by atoms with Crippen LogP contribution in [0.25, 0.3) is 10.8 Å². The first-order valence-electron chi connectivity index (χ1n) is 10.6. The van der Waals surface area contributed by atoms with E-state index in [-0.39, 0.29) is 5.56 Å². The van der Waals surface area contributed by atoms with Crippen molar-refractivity contribution >= 4 is 22.5 Å². The summed E-state index contributed by atoms with van der Waals surface area (Å²) in [5.74, 6) is 1.74. The molecule has 2 aromatic heterocycles. The van der Waals surface area contributed by atoms with Crippen molar-refractivity contribution in [1.82, 2.24) is 20.2 Å². The summed E-state index contributed by atoms with van der Waals surface area (Å²) in [6, 6.07) is 20.0. The standard InChI is InChI=1S/C24H24N6O2/c1-32-22-16-21(31)25-24(26-22)30-13-11-29(12-14-30)23-19-10-6-5-9-18(19)20(27-28-23)15-17-7-3-2-4-8-17/h2-10,16H,11-15H2,1H3,(H,25,26,31). The summed E-state index contributed by atoms with van der Waals surface area (Å²) in [6.07, 6.45) is 0.747. The molecule has 5 rings (SSSR count). The molecule has 4 aromatic rings. The number of aromatic amines is 1. The molecule has 162 valence electrons. The van der Waals surface area contributed by atoms with Gasteiger partial charge in [0.05, 0.1) is 18.9 Å². The molecule has 0 bridgehead atoms. The molecule has 0 unspecified atom stereocenters. The van der Waals surface area contributed by atoms with Crippen LogP contribution in [0.15, 0.2) is 65.5 Å². The molecular weight excluding hydrogens is 404 g/mol. The summed E-state index contributed by atoms with van der Waals surface area (Å²) in [6.45, 7) is 2.91. The topological polar surface area (TPSA) is 87.2 Å². The number of ether oxygens (including phenoxy) is 1. The van der Waals surface area contributed by atoms with E-state index in [1.807, 2.05) is 30.3 Å². The fourth-order valence-corrected chi connectivity index (χ4v) is 4.11. The van der Waals surface area contributed by atoms with Crippen LogP contribution in [0.3, 0.4) is 0 Å². The second-order valence-corrected chi connectivity index (χ2v) is 7.76. The highest BCUT2D eigenvalue weighted by Crippen LogP contribution is 2.28. The van der Waals surface area contributed by atoms with Gasteiger partial charge in [0.15, 0.2) is 5.82 Å². The van der Waals surface area contributed by atoms with Crippen LogP contribution in [-0.2, 0) is 6.42 Å². The average molecular weight is 428 g/mol. The lowest BCUT2D eigenvalue weighted by atomic mass is 10.0. The van der Waals surface area contributed by atoms with Crippen molar-refractivity contribution in [2.45, 2.75) is 6.42 Å². The zero-order chi connectivity index (χ0) is 21.9. The molecule has 0 saturated carbocycles. The molecule has 0 spiro atoms. The number of fused-ring (bicyclic) bond motifs is 1. The molecule has 0 aliphatic carbocycles. The molecule has 3 heterocycles. The van der Waals surface area contributed by atoms with E-state index in [9.17, 15) is 4.79 Å². The van der Waals surface area contributed by atoms with Crippen LogP contribution in [0.5, 0.6) is 5.88 Å². The second-order valence-electron chi connectivity index (χ2n) is 7.76. The lowest BCUT2D eigenvalue weighted by Gasteiger charge is -2.35. The van der Waals surface area contributed by atoms with E-state index < -0.39 is 0 Å². The molecule has 1 aliphatic heterocycles. The van der Waals surface area contributed by atoms with Crippen molar-refractivity contribution in [3.8, 4) is 5.88 Å². The highest BCUT2D eigenvalue weighted by atomic mass is 16.5. The third-order valence-corrected chi connectivity index (χ3v) is 5.75. The van der Waals surface area contributed by atoms with Crippen LogP contribution < -0.4 is 20.1 Å². The molecule has 0 radical (unpaired) electrons. The van der Waals surface area contributed by atoms with Crippen molar-refractivity contribution in [3.63, 3.8) is 0 Å². The number of anilines is 2. The Hall–Kier alpha value is -3.94. The van der Waals surface area contributed by atoms with Gasteiger partial charge in [-0.15, -0.1) is 5.10 Å². The van der Waals surface area contributed by atoms with Crippen LogP contribution in [0.2, 0.25) is 0 Å². The van der Waals surface area contributed by atoms with E-state index >= 15 is 0 Å². The van der Waals surface area contributed by atoms with Gasteiger partial charge in [-0.05, 0) is 5.56 Å². The summed E-state index contributed by atoms with van der Waals surface area (Å²) >= 11 is 0. The maximum atomic E-state index is 11.9. The maximum absolute atomic E-state index is 11.9. The van der Waals surface area contributed by atoms with Crippen molar-refractivity contribution < 1.29 is 4.74 Å². The van der Waals surface area contributed by atoms with Crippen LogP contribution in [0.4, 0.5) is 11.8 Å². The zero-order valence-corrected chi connectivity index (χ0v) is 17.9. The Bertz CT molecular complexity index is 1280. The average Bonchev–Trinajstić information content (AvgIpc) is 2.84. The van der Waals surface area contributed by atoms with E-state index in [0.717, 1.165) is 41.8 Å². The molecule has 8 nitrogen and oxygen atoms in total. The van der Waals surface area contributed by atoms with Gasteiger partial charge in [0, 0.05) is 43.4 Å². The first kappa shape index (κ1) is 20.0. The molecule has 0 atom stereocenters. The van der Waals surface area contributed by atoms with Gasteiger partial charge in [0.1, 0.15) is 0 Å². The van der Waals surface area contributed by atoms with E-state index in [4.69, 9.17) is 4.74 Å². The lowest BCUT2D eigenvalue weighted by Crippen LogP contribution is -2.48. The summed E-state index contributed by atoms with van der Waals surface area (Å²) in [5.41, 5.74) is 1.97. The van der Waals surface area contributed by atoms with E-state index in [0.29, 0.717) is 24.9 Å². The van der Waals surface area contributed by atoms with Crippen LogP contribution in [0, 0.1) is 0 Å². The fraction of sp³-hybridized carbons (Fsp3) is 0.250. The first-order valence-corrected chi connectivity index (χ1v) is 10.6. The number of hydrogen-bond donors (Lipinski definition) is 1. The SMILES string of the molecule is COc1cc(=O)[nH]c(N2CCN(c3nnc(Cc4ccccc4)c4ccccc34)CC2)n1. The highest BCUT2D eigenvalue weighted by Gasteiger charge is 2.23. The summed E-state index contributed by atoms with van der Waals surface area (Å²) in [4.78, 5) is 23.4. The van der Waals surface area contributed by atoms with Gasteiger partial charge in [-0.1, -0.05) is 54.6 Å². The molecule has 1 fully saturated rings. The predicted molar refractivity (Wildman–Crippen MR) is 125 cm³/mol. The van der Waals surface area contributed by atoms with Crippen LogP contribution >= 0.6 is 0 Å². The lowest BCUT2D eigenvalue weighted by molar-refractivity contribution is 0.395. The summed E-state index contributed by atoms with van der Waals surface area (Å²) in [5, 5.41) is 11.5. The Balaban J connectivity index is 1.39. The minimum Gasteiger partial charge on any atom is -0.481 e. The second kappa shape index (κ2) is 8.66. The summed E-state index contributed by atoms with van der Waals surface area (Å²) < 4.78 is 5.13. The zero-order valence-electron chi connectivity index (χ0n) is 17.9. The third kappa shape index (κ3) is 3.99. The van der Waals surface area contributed by atoms with Crippen LogP contribution in [0.1, 0.15) is 11.3 Å². The van der Waals surface area contributed by atoms with E-state index in [1.165, 1.54) is 18.7 Å². The number of H-pyrrole nitrogens is 1. The number of rotatable bonds is 5. The third-order valence-electron chi connectivity index (χ3n) is 5.75. The monoisotopic (exact) mass is 428 g/mol. The first-order chi connectivity index (χ1) is 15.7. The molecule has 8 heteroatoms. The molecule has 0 amide bonds. The molecule has 1 aliphatic rings. The molecule has 1 N–H and O–H groups in total. The minimum atomic E-state index is -0.222. The number of hydrogen-bond acceptors (Lipinski definition) is 7. The Morgan fingerprint density at radius 3 is 2.34 bits per heavy atom. The van der Waals surface area contributed by atoms with Crippen molar-refractivity contribution in [3.05, 3.63) is 82.3 Å². The van der Waals surface area contributed by atoms with Gasteiger partial charge in [-0.2, -0.15) is 10.1 Å². The Labute approximate surface area is 185 Å². The Kier molecular flexibility index (Phi) is 5.41. The van der Waals surface area contributed by atoms with E-state index in [2.05, 4.69) is 54.2 Å². The smallest absolute Gasteiger partial charge is 0.256 e. The van der Waals surface area contributed by atoms with Crippen molar-refractivity contribution in [1.29, 1.82) is 0 Å². The van der Waals surface area contributed by atoms with Crippen LogP contribution in [-0.4, -0.2) is 53.5 Å². The maximum Gasteiger partial charge on any atom is 0.256 e. The normalized spacial score (nSPS) is 14.0. The molecule has 2 aromatic carbocycles.